The number of ketones is 1. The Labute approximate surface area is 342 Å². The molecule has 0 amide bonds. The second-order valence-corrected chi connectivity index (χ2v) is 20.3. The summed E-state index contributed by atoms with van der Waals surface area (Å²) in [5, 5.41) is 94.4. The maximum absolute atomic E-state index is 13.8. The molecule has 2 aliphatic heterocycles. The van der Waals surface area contributed by atoms with Crippen molar-refractivity contribution in [3.8, 4) is 0 Å². The quantitative estimate of drug-likeness (QED) is 0.123. The van der Waals surface area contributed by atoms with Gasteiger partial charge in [-0.05, 0) is 92.3 Å². The molecule has 17 heteroatoms. The van der Waals surface area contributed by atoms with Crippen molar-refractivity contribution >= 4 is 23.7 Å². The van der Waals surface area contributed by atoms with E-state index in [-0.39, 0.29) is 52.8 Å². The summed E-state index contributed by atoms with van der Waals surface area (Å²) in [5.41, 5.74) is -2.52. The Hall–Kier alpha value is -2.58. The number of hydrogen-bond donors (Lipinski definition) is 9. The van der Waals surface area contributed by atoms with Crippen molar-refractivity contribution in [1.29, 1.82) is 0 Å². The highest BCUT2D eigenvalue weighted by molar-refractivity contribution is 5.92. The van der Waals surface area contributed by atoms with E-state index >= 15 is 0 Å². The van der Waals surface area contributed by atoms with Gasteiger partial charge in [0, 0.05) is 17.3 Å². The number of carbonyl (C=O) groups is 4. The number of allylic oxidation sites excluding steroid dienone is 2. The van der Waals surface area contributed by atoms with E-state index in [9.17, 15) is 65.1 Å². The van der Waals surface area contributed by atoms with Gasteiger partial charge in [-0.2, -0.15) is 0 Å². The third-order valence-corrected chi connectivity index (χ3v) is 17.4. The fraction of sp³-hybridized carbons (Fsp3) is 0.857. The zero-order valence-electron chi connectivity index (χ0n) is 34.5. The Bertz CT molecular complexity index is 1750. The Balaban J connectivity index is 1.18. The molecule has 0 aromatic rings. The van der Waals surface area contributed by atoms with Crippen molar-refractivity contribution in [3.05, 3.63) is 11.6 Å². The fourth-order valence-electron chi connectivity index (χ4n) is 13.4. The number of rotatable bonds is 8. The van der Waals surface area contributed by atoms with Gasteiger partial charge in [-0.25, -0.2) is 9.59 Å². The van der Waals surface area contributed by atoms with Crippen LogP contribution in [-0.2, 0) is 38.1 Å². The minimum absolute atomic E-state index is 0.0103. The number of Topliss-reactive ketones (excluding diaryl/α,β-unsaturated/α-hetero) is 1. The molecule has 17 nitrogen and oxygen atoms in total. The van der Waals surface area contributed by atoms with Crippen LogP contribution in [0.2, 0.25) is 0 Å². The smallest absolute Gasteiger partial charge is 0.335 e. The molecule has 0 unspecified atom stereocenters. The molecule has 4 saturated carbocycles. The summed E-state index contributed by atoms with van der Waals surface area (Å²) < 4.78 is 23.3. The molecule has 0 radical (unpaired) electrons. The number of aliphatic hydroxyl groups is 6. The molecule has 59 heavy (non-hydrogen) atoms. The normalized spacial score (nSPS) is 53.5. The standard InChI is InChI=1S/C42H62O17/c1-37(36(54)55)15-19-18-7-8-21-39(3)11-10-23(40(4,17-43)20(39)9-12-42(21,6)41(18,5)14-13-38(19,2)22(44)16-37)56-35-31(27(48)26(47)30(58-35)33(52)53)59-34-28(49)24(45)25(46)29(57-34)32(50)51/h7,19-21,23-31,34-35,43,45-49H,8-17H2,1-6H3,(H,50,51)(H,52,53)(H,54,55)/t19-,20+,21+,23-,24-,25-,26-,27-,28+,29-,30-,31+,34-,35+,37-,38+,39-,40+,41+,42+/m0/s1. The molecule has 2 saturated heterocycles. The number of aliphatic hydroxyl groups excluding tert-OH is 6. The molecule has 0 spiro atoms. The Kier molecular flexibility index (Phi) is 11.1. The van der Waals surface area contributed by atoms with Gasteiger partial charge in [-0.3, -0.25) is 9.59 Å². The largest absolute Gasteiger partial charge is 0.481 e. The first-order valence-electron chi connectivity index (χ1n) is 20.9. The van der Waals surface area contributed by atoms with E-state index in [1.54, 1.807) is 6.92 Å². The summed E-state index contributed by atoms with van der Waals surface area (Å²) in [6, 6.07) is 0. The van der Waals surface area contributed by atoms with Gasteiger partial charge in [0.1, 0.15) is 42.4 Å². The number of aliphatic carboxylic acids is 3. The molecule has 5 aliphatic carbocycles. The number of ether oxygens (including phenoxy) is 4. The predicted molar refractivity (Wildman–Crippen MR) is 201 cm³/mol. The van der Waals surface area contributed by atoms with Gasteiger partial charge in [0.15, 0.2) is 24.8 Å². The van der Waals surface area contributed by atoms with E-state index in [0.717, 1.165) is 12.8 Å². The highest BCUT2D eigenvalue weighted by Gasteiger charge is 2.70. The van der Waals surface area contributed by atoms with Crippen molar-refractivity contribution in [2.45, 2.75) is 167 Å². The lowest BCUT2D eigenvalue weighted by Crippen LogP contribution is -2.68. The first-order valence-corrected chi connectivity index (χ1v) is 20.9. The maximum Gasteiger partial charge on any atom is 0.335 e. The van der Waals surface area contributed by atoms with Crippen LogP contribution in [0.1, 0.15) is 99.3 Å². The van der Waals surface area contributed by atoms with Gasteiger partial charge in [-0.1, -0.05) is 46.3 Å². The molecule has 0 aromatic heterocycles. The lowest BCUT2D eigenvalue weighted by Gasteiger charge is -2.71. The van der Waals surface area contributed by atoms with Crippen LogP contribution < -0.4 is 0 Å². The Morgan fingerprint density at radius 3 is 1.95 bits per heavy atom. The maximum atomic E-state index is 13.8. The summed E-state index contributed by atoms with van der Waals surface area (Å²) >= 11 is 0. The van der Waals surface area contributed by atoms with Crippen molar-refractivity contribution in [2.24, 2.45) is 50.2 Å². The van der Waals surface area contributed by atoms with E-state index in [2.05, 4.69) is 26.8 Å². The number of fused-ring (bicyclic) bond motifs is 7. The Morgan fingerprint density at radius 2 is 1.36 bits per heavy atom. The van der Waals surface area contributed by atoms with Gasteiger partial charge >= 0.3 is 17.9 Å². The second-order valence-electron chi connectivity index (χ2n) is 20.3. The Morgan fingerprint density at radius 1 is 0.746 bits per heavy atom. The van der Waals surface area contributed by atoms with Crippen LogP contribution in [0.3, 0.4) is 0 Å². The fourth-order valence-corrected chi connectivity index (χ4v) is 13.4. The molecular weight excluding hydrogens is 776 g/mol. The zero-order chi connectivity index (χ0) is 43.6. The van der Waals surface area contributed by atoms with Crippen molar-refractivity contribution in [3.63, 3.8) is 0 Å². The summed E-state index contributed by atoms with van der Waals surface area (Å²) in [6.45, 7) is 12.1. The van der Waals surface area contributed by atoms with Gasteiger partial charge in [0.05, 0.1) is 18.1 Å². The van der Waals surface area contributed by atoms with Crippen molar-refractivity contribution < 1.29 is 84.1 Å². The van der Waals surface area contributed by atoms with Crippen molar-refractivity contribution in [1.82, 2.24) is 0 Å². The van der Waals surface area contributed by atoms with Crippen LogP contribution >= 0.6 is 0 Å². The van der Waals surface area contributed by atoms with Gasteiger partial charge in [0.2, 0.25) is 0 Å². The molecule has 20 atom stereocenters. The van der Waals surface area contributed by atoms with Crippen LogP contribution in [-0.4, -0.2) is 144 Å². The average molecular weight is 839 g/mol. The summed E-state index contributed by atoms with van der Waals surface area (Å²) in [7, 11) is 0. The first kappa shape index (κ1) is 44.5. The molecule has 2 heterocycles. The van der Waals surface area contributed by atoms with E-state index in [4.69, 9.17) is 18.9 Å². The molecule has 0 aromatic carbocycles. The third-order valence-electron chi connectivity index (χ3n) is 17.4. The SMILES string of the molecule is C[C@@]1(C(=O)O)CC(=O)[C@]2(C)CC[C@]3(C)C(=CC[C@@H]4[C@@]5(C)CC[C@H](O[C@@H]6O[C@H](C(=O)O)[C@@H](O)[C@H](O)[C@H]6O[C@@H]6O[C@H](C(=O)O)[C@@H](O)[C@H](O)[C@H]6O)[C@](C)(CO)[C@@H]5CC[C@]43C)[C@@H]2C1. The first-order chi connectivity index (χ1) is 27.3. The minimum atomic E-state index is -2.08. The average Bonchev–Trinajstić information content (AvgIpc) is 3.16. The highest BCUT2D eigenvalue weighted by Crippen LogP contribution is 2.75. The number of carboxylic acid groups (broad SMARTS) is 3. The molecular formula is C42H62O17. The summed E-state index contributed by atoms with van der Waals surface area (Å²) in [4.78, 5) is 50.2. The number of carbonyl (C=O) groups excluding carboxylic acids is 1. The lowest BCUT2D eigenvalue weighted by molar-refractivity contribution is -0.372. The zero-order valence-corrected chi connectivity index (χ0v) is 34.5. The van der Waals surface area contributed by atoms with Gasteiger partial charge in [-0.15, -0.1) is 0 Å². The molecule has 9 N–H and O–H groups in total. The summed E-state index contributed by atoms with van der Waals surface area (Å²) in [6.07, 6.45) is -13.5. The number of hydrogen-bond acceptors (Lipinski definition) is 14. The number of carboxylic acids is 3. The second kappa shape index (κ2) is 14.8. The topological polar surface area (TPSA) is 287 Å². The highest BCUT2D eigenvalue weighted by atomic mass is 16.8. The molecule has 332 valence electrons. The van der Waals surface area contributed by atoms with E-state index in [0.29, 0.717) is 38.5 Å². The van der Waals surface area contributed by atoms with E-state index in [1.165, 1.54) is 5.57 Å². The van der Waals surface area contributed by atoms with E-state index in [1.807, 2.05) is 13.8 Å². The molecule has 7 aliphatic rings. The monoisotopic (exact) mass is 838 g/mol. The van der Waals surface area contributed by atoms with Gasteiger partial charge < -0.3 is 64.9 Å². The van der Waals surface area contributed by atoms with Crippen LogP contribution in [0, 0.1) is 50.2 Å². The van der Waals surface area contributed by atoms with Crippen LogP contribution in [0.15, 0.2) is 11.6 Å². The molecule has 6 fully saturated rings. The van der Waals surface area contributed by atoms with Crippen LogP contribution in [0.5, 0.6) is 0 Å². The summed E-state index contributed by atoms with van der Waals surface area (Å²) in [5.74, 6) is -4.49. The lowest BCUT2D eigenvalue weighted by atomic mass is 9.33. The van der Waals surface area contributed by atoms with Gasteiger partial charge in [0.25, 0.3) is 0 Å². The molecule has 7 rings (SSSR count). The van der Waals surface area contributed by atoms with E-state index < -0.39 is 102 Å². The van der Waals surface area contributed by atoms with Crippen LogP contribution in [0.4, 0.5) is 0 Å². The minimum Gasteiger partial charge on any atom is -0.481 e. The van der Waals surface area contributed by atoms with Crippen molar-refractivity contribution in [2.75, 3.05) is 6.61 Å². The third kappa shape index (κ3) is 6.38. The predicted octanol–water partition coefficient (Wildman–Crippen LogP) is 1.22. The molecule has 0 bridgehead atoms. The van der Waals surface area contributed by atoms with Crippen LogP contribution in [0.25, 0.3) is 0 Å².